The fraction of sp³-hybridized carbons (Fsp3) is 0.414. The molecule has 3 aromatic carbocycles. The number of para-hydroxylation sites is 1. The van der Waals surface area contributed by atoms with E-state index in [4.69, 9.17) is 5.32 Å². The van der Waals surface area contributed by atoms with Crippen LogP contribution >= 0.6 is 0 Å². The minimum absolute atomic E-state index is 0. The molecule has 4 heteroatoms. The Morgan fingerprint density at radius 1 is 0.727 bits per heavy atom. The number of rotatable bonds is 5. The van der Waals surface area contributed by atoms with Crippen LogP contribution in [0.1, 0.15) is 78.4 Å². The Morgan fingerprint density at radius 3 is 1.48 bits per heavy atom. The van der Waals surface area contributed by atoms with Crippen molar-refractivity contribution in [2.75, 3.05) is 0 Å². The molecular formula is C29H41N3Zr-8. The van der Waals surface area contributed by atoms with E-state index in [1.54, 1.807) is 0 Å². The summed E-state index contributed by atoms with van der Waals surface area (Å²) in [7, 11) is 0. The maximum Gasteiger partial charge on any atom is 0 e. The van der Waals surface area contributed by atoms with Crippen LogP contribution in [0.5, 0.6) is 0 Å². The minimum atomic E-state index is 0. The van der Waals surface area contributed by atoms with E-state index in [1.807, 2.05) is 60.7 Å². The zero-order valence-corrected chi connectivity index (χ0v) is 24.1. The monoisotopic (exact) mass is 521 g/mol. The summed E-state index contributed by atoms with van der Waals surface area (Å²) >= 11 is 0. The third-order valence-electron chi connectivity index (χ3n) is 4.41. The smallest absolute Gasteiger partial charge is 0 e. The van der Waals surface area contributed by atoms with Crippen LogP contribution in [0.3, 0.4) is 0 Å². The number of guanidine groups is 1. The van der Waals surface area contributed by atoms with Crippen LogP contribution in [-0.4, -0.2) is 18.0 Å². The summed E-state index contributed by atoms with van der Waals surface area (Å²) in [6, 6.07) is 26.8. The van der Waals surface area contributed by atoms with E-state index < -0.39 is 0 Å². The van der Waals surface area contributed by atoms with Crippen LogP contribution in [0.25, 0.3) is 10.6 Å². The van der Waals surface area contributed by atoms with Crippen LogP contribution in [-0.2, 0) is 26.2 Å². The summed E-state index contributed by atoms with van der Waals surface area (Å²) in [6.07, 6.45) is 0. The molecule has 0 radical (unpaired) electrons. The van der Waals surface area contributed by atoms with Gasteiger partial charge in [-0.1, -0.05) is 91.4 Å². The van der Waals surface area contributed by atoms with Crippen molar-refractivity contribution in [3.05, 3.63) is 101 Å². The average molecular weight is 523 g/mol. The van der Waals surface area contributed by atoms with Gasteiger partial charge in [0.1, 0.15) is 0 Å². The van der Waals surface area contributed by atoms with Gasteiger partial charge in [0, 0.05) is 26.2 Å². The molecule has 0 saturated heterocycles. The number of hydrogen-bond acceptors (Lipinski definition) is 1. The Kier molecular flexibility index (Phi) is 16.5. The zero-order chi connectivity index (χ0) is 23.9. The van der Waals surface area contributed by atoms with Gasteiger partial charge in [-0.15, -0.1) is 0 Å². The van der Waals surface area contributed by atoms with Crippen LogP contribution in [0.4, 0.5) is 5.69 Å². The third-order valence-corrected chi connectivity index (χ3v) is 4.41. The second-order valence-electron chi connectivity index (χ2n) is 8.88. The molecular weight excluding hydrogens is 482 g/mol. The molecule has 0 unspecified atom stereocenters. The van der Waals surface area contributed by atoms with E-state index in [0.717, 1.165) is 5.69 Å². The molecule has 0 heterocycles. The van der Waals surface area contributed by atoms with Gasteiger partial charge in [0.25, 0.3) is 0 Å². The molecule has 0 saturated carbocycles. The summed E-state index contributed by atoms with van der Waals surface area (Å²) in [6.45, 7) is 17.1. The molecule has 3 rings (SSSR count). The number of benzene rings is 1. The van der Waals surface area contributed by atoms with Crippen molar-refractivity contribution in [3.8, 4) is 0 Å². The van der Waals surface area contributed by atoms with Crippen molar-refractivity contribution in [2.24, 2.45) is 4.99 Å². The SMILES string of the molecule is CC(C)N=C([N-]c1c(C(C)C)cccc1C(C)C)[N-]C(C)C.[Zr].[cH-]1[cH-][cH-][cH-][cH-]1.c1cc[cH-]c1. The van der Waals surface area contributed by atoms with Crippen molar-refractivity contribution in [2.45, 2.75) is 79.3 Å². The van der Waals surface area contributed by atoms with Gasteiger partial charge >= 0.3 is 0 Å². The molecule has 0 atom stereocenters. The van der Waals surface area contributed by atoms with E-state index >= 15 is 0 Å². The molecule has 0 fully saturated rings. The van der Waals surface area contributed by atoms with Gasteiger partial charge in [-0.05, 0) is 23.0 Å². The fourth-order valence-corrected chi connectivity index (χ4v) is 2.94. The van der Waals surface area contributed by atoms with E-state index in [0.29, 0.717) is 17.8 Å². The average Bonchev–Trinajstić information content (AvgIpc) is 3.45. The van der Waals surface area contributed by atoms with Crippen molar-refractivity contribution in [3.63, 3.8) is 0 Å². The van der Waals surface area contributed by atoms with Gasteiger partial charge in [-0.2, -0.15) is 24.2 Å². The van der Waals surface area contributed by atoms with Crippen LogP contribution in [0, 0.1) is 0 Å². The molecule has 0 bridgehead atoms. The largest absolute Gasteiger partial charge is 0.748 e. The standard InChI is InChI=1S/C19H31N3.2C5H5.Zr/c1-12(2)16-10-9-11-17(13(3)4)18(16)22-19(20-14(5)6)21-15(7)8;2*1-2-4-5-3-1;/h9-15H,1-8H3;2*1-5H;/q-2;-5;-1;. The molecule has 33 heavy (non-hydrogen) atoms. The predicted octanol–water partition coefficient (Wildman–Crippen LogP) is 9.29. The minimum Gasteiger partial charge on any atom is -0.748 e. The summed E-state index contributed by atoms with van der Waals surface area (Å²) < 4.78 is 0. The van der Waals surface area contributed by atoms with Gasteiger partial charge in [-0.25, -0.2) is 12.1 Å². The number of hydrogen-bond donors (Lipinski definition) is 0. The first kappa shape index (κ1) is 31.1. The van der Waals surface area contributed by atoms with Crippen molar-refractivity contribution < 1.29 is 26.2 Å². The van der Waals surface area contributed by atoms with Crippen molar-refractivity contribution in [1.82, 2.24) is 0 Å². The molecule has 3 nitrogen and oxygen atoms in total. The summed E-state index contributed by atoms with van der Waals surface area (Å²) in [5.74, 6) is 1.47. The maximum atomic E-state index is 4.86. The maximum absolute atomic E-state index is 4.86. The molecule has 184 valence electrons. The zero-order valence-electron chi connectivity index (χ0n) is 21.7. The van der Waals surface area contributed by atoms with Crippen LogP contribution in [0.15, 0.2) is 83.9 Å². The van der Waals surface area contributed by atoms with Gasteiger partial charge < -0.3 is 46.0 Å². The van der Waals surface area contributed by atoms with E-state index in [2.05, 4.69) is 83.9 Å². The molecule has 0 aliphatic carbocycles. The summed E-state index contributed by atoms with van der Waals surface area (Å²) in [5.41, 5.74) is 3.58. The van der Waals surface area contributed by atoms with Crippen molar-refractivity contribution >= 4 is 11.6 Å². The first-order chi connectivity index (χ1) is 15.2. The molecule has 0 amide bonds. The Balaban J connectivity index is 0.000000754. The fourth-order valence-electron chi connectivity index (χ4n) is 2.94. The molecule has 0 aromatic heterocycles. The Morgan fingerprint density at radius 2 is 1.18 bits per heavy atom. The molecule has 0 spiro atoms. The van der Waals surface area contributed by atoms with Crippen LogP contribution in [0.2, 0.25) is 0 Å². The molecule has 0 aliphatic heterocycles. The molecule has 0 N–H and O–H groups in total. The third kappa shape index (κ3) is 13.4. The van der Waals surface area contributed by atoms with Gasteiger partial charge in [0.05, 0.1) is 0 Å². The Labute approximate surface area is 222 Å². The first-order valence-electron chi connectivity index (χ1n) is 11.7. The van der Waals surface area contributed by atoms with Gasteiger partial charge in [-0.3, -0.25) is 0 Å². The second kappa shape index (κ2) is 17.5. The molecule has 0 aliphatic rings. The number of aliphatic imine (C=N–C) groups is 1. The first-order valence-corrected chi connectivity index (χ1v) is 11.7. The van der Waals surface area contributed by atoms with E-state index in [9.17, 15) is 0 Å². The van der Waals surface area contributed by atoms with Gasteiger partial charge in [0.2, 0.25) is 0 Å². The normalized spacial score (nSPS) is 10.8. The quantitative estimate of drug-likeness (QED) is 0.182. The number of nitrogens with zero attached hydrogens (tertiary/aromatic N) is 3. The summed E-state index contributed by atoms with van der Waals surface area (Å²) in [4.78, 5) is 4.60. The van der Waals surface area contributed by atoms with E-state index in [1.165, 1.54) is 11.1 Å². The Bertz CT molecular complexity index is 758. The summed E-state index contributed by atoms with van der Waals surface area (Å²) in [5, 5.41) is 9.46. The predicted molar refractivity (Wildman–Crippen MR) is 143 cm³/mol. The molecule has 3 aromatic rings. The Hall–Kier alpha value is -1.93. The van der Waals surface area contributed by atoms with E-state index in [-0.39, 0.29) is 38.3 Å². The van der Waals surface area contributed by atoms with Gasteiger partial charge in [0.15, 0.2) is 0 Å². The van der Waals surface area contributed by atoms with Crippen LogP contribution < -0.4 is 0 Å². The second-order valence-corrected chi connectivity index (χ2v) is 8.88. The topological polar surface area (TPSA) is 40.6 Å². The van der Waals surface area contributed by atoms with Crippen molar-refractivity contribution in [1.29, 1.82) is 0 Å².